The zero-order chi connectivity index (χ0) is 13.3. The van der Waals surface area contributed by atoms with Crippen molar-refractivity contribution in [3.63, 3.8) is 0 Å². The fraction of sp³-hybridized carbons (Fsp3) is 0.538. The summed E-state index contributed by atoms with van der Waals surface area (Å²) in [5, 5.41) is 14.0. The van der Waals surface area contributed by atoms with Crippen LogP contribution in [-0.2, 0) is 0 Å². The first kappa shape index (κ1) is 13.3. The minimum Gasteiger partial charge on any atom is -0.384 e. The summed E-state index contributed by atoms with van der Waals surface area (Å²) in [7, 11) is 0. The van der Waals surface area contributed by atoms with Gasteiger partial charge in [-0.1, -0.05) is 13.8 Å². The number of nitrogens with one attached hydrogen (secondary N) is 1. The Morgan fingerprint density at radius 2 is 2.17 bits per heavy atom. The number of rotatable bonds is 5. The molecular formula is C13H17BrN2O2. The Kier molecular flexibility index (Phi) is 3.61. The van der Waals surface area contributed by atoms with Crippen LogP contribution < -0.4 is 5.32 Å². The van der Waals surface area contributed by atoms with Gasteiger partial charge >= 0.3 is 0 Å². The molecule has 0 amide bonds. The number of hydrogen-bond acceptors (Lipinski definition) is 3. The second kappa shape index (κ2) is 4.88. The van der Waals surface area contributed by atoms with Crippen LogP contribution in [0, 0.1) is 21.4 Å². The Bertz CT molecular complexity index is 470. The Balaban J connectivity index is 2.04. The molecule has 1 aliphatic rings. The van der Waals surface area contributed by atoms with Gasteiger partial charge in [0.25, 0.3) is 5.69 Å². The van der Waals surface area contributed by atoms with Gasteiger partial charge in [0.05, 0.1) is 4.92 Å². The maximum absolute atomic E-state index is 10.6. The number of halogens is 1. The zero-order valence-corrected chi connectivity index (χ0v) is 12.2. The van der Waals surface area contributed by atoms with Gasteiger partial charge in [-0.25, -0.2) is 0 Å². The van der Waals surface area contributed by atoms with E-state index in [4.69, 9.17) is 0 Å². The molecule has 0 atom stereocenters. The molecule has 1 fully saturated rings. The molecule has 0 unspecified atom stereocenters. The average Bonchev–Trinajstić information content (AvgIpc) is 3.08. The number of anilines is 1. The third kappa shape index (κ3) is 2.66. The molecule has 1 N–H and O–H groups in total. The van der Waals surface area contributed by atoms with Crippen molar-refractivity contribution in [2.75, 3.05) is 11.9 Å². The first-order valence-electron chi connectivity index (χ1n) is 6.12. The molecule has 0 heterocycles. The highest BCUT2D eigenvalue weighted by molar-refractivity contribution is 9.10. The molecule has 5 heteroatoms. The van der Waals surface area contributed by atoms with Crippen molar-refractivity contribution in [2.45, 2.75) is 26.7 Å². The van der Waals surface area contributed by atoms with E-state index < -0.39 is 0 Å². The van der Waals surface area contributed by atoms with Crippen LogP contribution in [0.5, 0.6) is 0 Å². The van der Waals surface area contributed by atoms with Gasteiger partial charge in [0.15, 0.2) is 0 Å². The summed E-state index contributed by atoms with van der Waals surface area (Å²) in [6.45, 7) is 5.43. The topological polar surface area (TPSA) is 55.2 Å². The summed E-state index contributed by atoms with van der Waals surface area (Å²) >= 11 is 3.37. The molecule has 0 spiro atoms. The summed E-state index contributed by atoms with van der Waals surface area (Å²) in [5.74, 6) is 0.668. The second-order valence-corrected chi connectivity index (χ2v) is 6.15. The van der Waals surface area contributed by atoms with Crippen molar-refractivity contribution in [3.05, 3.63) is 32.8 Å². The molecule has 1 aromatic carbocycles. The maximum Gasteiger partial charge on any atom is 0.270 e. The molecule has 98 valence electrons. The molecule has 1 saturated carbocycles. The highest BCUT2D eigenvalue weighted by Gasteiger charge is 2.44. The number of nitrogens with zero attached hydrogens (tertiary/aromatic N) is 1. The Labute approximate surface area is 115 Å². The number of hydrogen-bond donors (Lipinski definition) is 1. The van der Waals surface area contributed by atoms with E-state index in [0.717, 1.165) is 16.7 Å². The van der Waals surface area contributed by atoms with Crippen LogP contribution >= 0.6 is 15.9 Å². The molecule has 0 saturated heterocycles. The first-order valence-corrected chi connectivity index (χ1v) is 6.92. The van der Waals surface area contributed by atoms with Gasteiger partial charge in [-0.2, -0.15) is 0 Å². The van der Waals surface area contributed by atoms with Gasteiger partial charge in [0.2, 0.25) is 0 Å². The van der Waals surface area contributed by atoms with Crippen LogP contribution in [0.4, 0.5) is 11.4 Å². The molecule has 0 aromatic heterocycles. The van der Waals surface area contributed by atoms with Crippen molar-refractivity contribution in [1.82, 2.24) is 0 Å². The van der Waals surface area contributed by atoms with Gasteiger partial charge in [-0.05, 0) is 46.2 Å². The average molecular weight is 313 g/mol. The van der Waals surface area contributed by atoms with Crippen LogP contribution in [0.1, 0.15) is 26.7 Å². The van der Waals surface area contributed by atoms with E-state index >= 15 is 0 Å². The fourth-order valence-corrected chi connectivity index (χ4v) is 2.66. The summed E-state index contributed by atoms with van der Waals surface area (Å²) in [5.41, 5.74) is 1.45. The standard InChI is InChI=1S/C13H17BrN2O2/c1-9(2)13(5-6-13)8-15-12-4-3-10(16(17)18)7-11(12)14/h3-4,7,9,15H,5-6,8H2,1-2H3. The molecule has 4 nitrogen and oxygen atoms in total. The molecule has 0 radical (unpaired) electrons. The number of nitro groups is 1. The van der Waals surface area contributed by atoms with Crippen molar-refractivity contribution < 1.29 is 4.92 Å². The lowest BCUT2D eigenvalue weighted by Gasteiger charge is -2.21. The molecule has 0 bridgehead atoms. The number of non-ortho nitro benzene ring substituents is 1. The zero-order valence-electron chi connectivity index (χ0n) is 10.6. The Hall–Kier alpha value is -1.10. The van der Waals surface area contributed by atoms with Crippen molar-refractivity contribution in [1.29, 1.82) is 0 Å². The summed E-state index contributed by atoms with van der Waals surface area (Å²) in [6.07, 6.45) is 2.53. The van der Waals surface area contributed by atoms with Crippen LogP contribution in [-0.4, -0.2) is 11.5 Å². The molecule has 18 heavy (non-hydrogen) atoms. The molecule has 2 rings (SSSR count). The number of benzene rings is 1. The third-order valence-corrected chi connectivity index (χ3v) is 4.57. The molecular weight excluding hydrogens is 296 g/mol. The Morgan fingerprint density at radius 3 is 2.61 bits per heavy atom. The largest absolute Gasteiger partial charge is 0.384 e. The van der Waals surface area contributed by atoms with E-state index in [-0.39, 0.29) is 10.6 Å². The normalized spacial score (nSPS) is 16.7. The van der Waals surface area contributed by atoms with E-state index in [1.54, 1.807) is 6.07 Å². The van der Waals surface area contributed by atoms with Crippen LogP contribution in [0.25, 0.3) is 0 Å². The minimum absolute atomic E-state index is 0.109. The van der Waals surface area contributed by atoms with E-state index in [0.29, 0.717) is 11.3 Å². The maximum atomic E-state index is 10.6. The quantitative estimate of drug-likeness (QED) is 0.654. The highest BCUT2D eigenvalue weighted by atomic mass is 79.9. The van der Waals surface area contributed by atoms with E-state index in [1.165, 1.54) is 25.0 Å². The lowest BCUT2D eigenvalue weighted by Crippen LogP contribution is -2.21. The molecule has 1 aliphatic carbocycles. The highest BCUT2D eigenvalue weighted by Crippen LogP contribution is 2.51. The summed E-state index contributed by atoms with van der Waals surface area (Å²) in [4.78, 5) is 10.3. The summed E-state index contributed by atoms with van der Waals surface area (Å²) < 4.78 is 0.747. The lowest BCUT2D eigenvalue weighted by molar-refractivity contribution is -0.384. The Morgan fingerprint density at radius 1 is 1.50 bits per heavy atom. The van der Waals surface area contributed by atoms with Crippen molar-refractivity contribution in [2.24, 2.45) is 11.3 Å². The van der Waals surface area contributed by atoms with Gasteiger partial charge < -0.3 is 5.32 Å². The van der Waals surface area contributed by atoms with Crippen LogP contribution in [0.3, 0.4) is 0 Å². The molecule has 0 aliphatic heterocycles. The van der Waals surface area contributed by atoms with Crippen LogP contribution in [0.2, 0.25) is 0 Å². The minimum atomic E-state index is -0.384. The van der Waals surface area contributed by atoms with Gasteiger partial charge in [0.1, 0.15) is 0 Å². The first-order chi connectivity index (χ1) is 8.44. The second-order valence-electron chi connectivity index (χ2n) is 5.29. The lowest BCUT2D eigenvalue weighted by atomic mass is 9.92. The predicted molar refractivity (Wildman–Crippen MR) is 75.8 cm³/mol. The van der Waals surface area contributed by atoms with E-state index in [1.807, 2.05) is 0 Å². The number of nitro benzene ring substituents is 1. The monoisotopic (exact) mass is 312 g/mol. The van der Waals surface area contributed by atoms with Gasteiger partial charge in [-0.3, -0.25) is 10.1 Å². The SMILES string of the molecule is CC(C)C1(CNc2ccc([N+](=O)[O-])cc2Br)CC1. The van der Waals surface area contributed by atoms with E-state index in [2.05, 4.69) is 35.1 Å². The predicted octanol–water partition coefficient (Wildman–Crippen LogP) is 4.21. The smallest absolute Gasteiger partial charge is 0.270 e. The van der Waals surface area contributed by atoms with Crippen molar-refractivity contribution in [3.8, 4) is 0 Å². The molecule has 1 aromatic rings. The summed E-state index contributed by atoms with van der Waals surface area (Å²) in [6, 6.07) is 4.83. The fourth-order valence-electron chi connectivity index (χ4n) is 2.15. The van der Waals surface area contributed by atoms with Crippen molar-refractivity contribution >= 4 is 27.3 Å². The van der Waals surface area contributed by atoms with Gasteiger partial charge in [0, 0.05) is 28.8 Å². The third-order valence-electron chi connectivity index (χ3n) is 3.91. The van der Waals surface area contributed by atoms with Crippen LogP contribution in [0.15, 0.2) is 22.7 Å². The van der Waals surface area contributed by atoms with E-state index in [9.17, 15) is 10.1 Å². The van der Waals surface area contributed by atoms with Gasteiger partial charge in [-0.15, -0.1) is 0 Å².